The maximum Gasteiger partial charge on any atom is 0.250 e. The predicted octanol–water partition coefficient (Wildman–Crippen LogP) is -0.0463. The number of nitrogens with two attached hydrogens (primary N) is 2. The minimum atomic E-state index is -0.512. The summed E-state index contributed by atoms with van der Waals surface area (Å²) in [5.41, 5.74) is 12.7. The second-order valence-corrected chi connectivity index (χ2v) is 4.78. The smallest absolute Gasteiger partial charge is 0.250 e. The number of amides is 1. The highest BCUT2D eigenvalue weighted by Gasteiger charge is 2.28. The summed E-state index contributed by atoms with van der Waals surface area (Å²) in [6, 6.07) is 5.20. The molecule has 1 heterocycles. The molecule has 6 nitrogen and oxygen atoms in total. The number of nitrogens with zero attached hydrogens (tertiary/aromatic N) is 1. The van der Waals surface area contributed by atoms with Crippen LogP contribution < -0.4 is 16.4 Å². The van der Waals surface area contributed by atoms with Crippen LogP contribution in [0.25, 0.3) is 0 Å². The van der Waals surface area contributed by atoms with Gasteiger partial charge in [0.05, 0.1) is 30.6 Å². The zero-order valence-electron chi connectivity index (χ0n) is 10.9. The van der Waals surface area contributed by atoms with Crippen molar-refractivity contribution in [1.82, 2.24) is 0 Å². The van der Waals surface area contributed by atoms with Gasteiger partial charge in [-0.15, -0.1) is 0 Å². The number of morpholine rings is 1. The molecule has 5 N–H and O–H groups in total. The number of hydrogen-bond donors (Lipinski definition) is 3. The summed E-state index contributed by atoms with van der Waals surface area (Å²) < 4.78 is 5.48. The number of nitrogen functional groups attached to an aromatic ring is 1. The Hall–Kier alpha value is -1.79. The van der Waals surface area contributed by atoms with Crippen LogP contribution in [-0.2, 0) is 4.74 Å². The normalized spacial score (nSPS) is 23.4. The molecule has 0 radical (unpaired) electrons. The molecule has 1 aliphatic rings. The fourth-order valence-corrected chi connectivity index (χ4v) is 2.27. The van der Waals surface area contributed by atoms with Gasteiger partial charge in [-0.3, -0.25) is 4.79 Å². The van der Waals surface area contributed by atoms with Crippen LogP contribution in [0, 0.1) is 0 Å². The Bertz CT molecular complexity index is 478. The van der Waals surface area contributed by atoms with Crippen molar-refractivity contribution in [3.05, 3.63) is 23.8 Å². The number of primary amides is 1. The molecule has 6 heteroatoms. The SMILES string of the molecule is CC1COC(CO)CN1c1ccc(N)cc1C(N)=O. The lowest BCUT2D eigenvalue weighted by Gasteiger charge is -2.39. The van der Waals surface area contributed by atoms with E-state index in [2.05, 4.69) is 0 Å². The second kappa shape index (κ2) is 5.46. The van der Waals surface area contributed by atoms with Crippen LogP contribution in [0.2, 0.25) is 0 Å². The molecule has 0 aliphatic carbocycles. The van der Waals surface area contributed by atoms with Crippen LogP contribution in [0.15, 0.2) is 18.2 Å². The third-order valence-electron chi connectivity index (χ3n) is 3.30. The number of benzene rings is 1. The second-order valence-electron chi connectivity index (χ2n) is 4.78. The van der Waals surface area contributed by atoms with Gasteiger partial charge >= 0.3 is 0 Å². The first-order valence-electron chi connectivity index (χ1n) is 6.21. The highest BCUT2D eigenvalue weighted by Crippen LogP contribution is 2.27. The Morgan fingerprint density at radius 1 is 1.58 bits per heavy atom. The summed E-state index contributed by atoms with van der Waals surface area (Å²) in [7, 11) is 0. The molecule has 19 heavy (non-hydrogen) atoms. The Morgan fingerprint density at radius 2 is 2.32 bits per heavy atom. The third kappa shape index (κ3) is 2.80. The van der Waals surface area contributed by atoms with Gasteiger partial charge in [-0.1, -0.05) is 0 Å². The fraction of sp³-hybridized carbons (Fsp3) is 0.462. The molecule has 1 aromatic carbocycles. The average molecular weight is 265 g/mol. The molecular weight excluding hydrogens is 246 g/mol. The lowest BCUT2D eigenvalue weighted by atomic mass is 10.1. The van der Waals surface area contributed by atoms with Crippen molar-refractivity contribution in [1.29, 1.82) is 0 Å². The zero-order valence-corrected chi connectivity index (χ0v) is 10.9. The standard InChI is InChI=1S/C13H19N3O3/c1-8-7-19-10(6-17)5-16(8)12-3-2-9(14)4-11(12)13(15)18/h2-4,8,10,17H,5-7,14H2,1H3,(H2,15,18). The molecule has 0 saturated carbocycles. The van der Waals surface area contributed by atoms with Gasteiger partial charge in [0, 0.05) is 18.3 Å². The molecule has 2 unspecified atom stereocenters. The molecule has 1 fully saturated rings. The topological polar surface area (TPSA) is 102 Å². The first kappa shape index (κ1) is 13.6. The molecule has 2 rings (SSSR count). The van der Waals surface area contributed by atoms with Gasteiger partial charge in [0.2, 0.25) is 0 Å². The highest BCUT2D eigenvalue weighted by atomic mass is 16.5. The van der Waals surface area contributed by atoms with Crippen molar-refractivity contribution in [2.24, 2.45) is 5.73 Å². The van der Waals surface area contributed by atoms with E-state index in [-0.39, 0.29) is 18.8 Å². The minimum Gasteiger partial charge on any atom is -0.399 e. The Kier molecular flexibility index (Phi) is 3.92. The van der Waals surface area contributed by atoms with Crippen molar-refractivity contribution in [2.45, 2.75) is 19.1 Å². The summed E-state index contributed by atoms with van der Waals surface area (Å²) >= 11 is 0. The van der Waals surface area contributed by atoms with Gasteiger partial charge in [0.25, 0.3) is 5.91 Å². The number of carbonyl (C=O) groups is 1. The lowest BCUT2D eigenvalue weighted by molar-refractivity contribution is -0.0103. The van der Waals surface area contributed by atoms with Crippen molar-refractivity contribution in [3.63, 3.8) is 0 Å². The van der Waals surface area contributed by atoms with Crippen molar-refractivity contribution in [3.8, 4) is 0 Å². The minimum absolute atomic E-state index is 0.0515. The van der Waals surface area contributed by atoms with E-state index in [9.17, 15) is 9.90 Å². The molecule has 2 atom stereocenters. The predicted molar refractivity (Wildman–Crippen MR) is 73.0 cm³/mol. The van der Waals surface area contributed by atoms with E-state index in [1.54, 1.807) is 18.2 Å². The quantitative estimate of drug-likeness (QED) is 0.665. The highest BCUT2D eigenvalue weighted by molar-refractivity contribution is 5.99. The first-order chi connectivity index (χ1) is 9.02. The van der Waals surface area contributed by atoms with Crippen LogP contribution in [0.1, 0.15) is 17.3 Å². The van der Waals surface area contributed by atoms with Gasteiger partial charge in [-0.25, -0.2) is 0 Å². The maximum absolute atomic E-state index is 11.5. The van der Waals surface area contributed by atoms with E-state index in [0.717, 1.165) is 5.69 Å². The zero-order chi connectivity index (χ0) is 14.0. The van der Waals surface area contributed by atoms with Crippen LogP contribution in [0.4, 0.5) is 11.4 Å². The van der Waals surface area contributed by atoms with Gasteiger partial charge in [-0.05, 0) is 25.1 Å². The molecule has 0 spiro atoms. The molecule has 104 valence electrons. The summed E-state index contributed by atoms with van der Waals surface area (Å²) in [5.74, 6) is -0.512. The number of ether oxygens (including phenoxy) is 1. The van der Waals surface area contributed by atoms with Crippen molar-refractivity contribution < 1.29 is 14.6 Å². The van der Waals surface area contributed by atoms with Crippen LogP contribution >= 0.6 is 0 Å². The van der Waals surface area contributed by atoms with E-state index in [1.165, 1.54) is 0 Å². The van der Waals surface area contributed by atoms with Crippen molar-refractivity contribution in [2.75, 3.05) is 30.4 Å². The maximum atomic E-state index is 11.5. The number of carbonyl (C=O) groups excluding carboxylic acids is 1. The van der Waals surface area contributed by atoms with Crippen LogP contribution in [0.5, 0.6) is 0 Å². The number of anilines is 2. The number of rotatable bonds is 3. The monoisotopic (exact) mass is 265 g/mol. The fourth-order valence-electron chi connectivity index (χ4n) is 2.27. The summed E-state index contributed by atoms with van der Waals surface area (Å²) in [4.78, 5) is 13.6. The Labute approximate surface area is 111 Å². The summed E-state index contributed by atoms with van der Waals surface area (Å²) in [6.45, 7) is 2.95. The van der Waals surface area contributed by atoms with Gasteiger partial charge in [-0.2, -0.15) is 0 Å². The Morgan fingerprint density at radius 3 is 2.95 bits per heavy atom. The average Bonchev–Trinajstić information content (AvgIpc) is 2.39. The van der Waals surface area contributed by atoms with Crippen molar-refractivity contribution >= 4 is 17.3 Å². The van der Waals surface area contributed by atoms with E-state index in [1.807, 2.05) is 11.8 Å². The Balaban J connectivity index is 2.36. The number of aliphatic hydroxyl groups is 1. The van der Waals surface area contributed by atoms with Gasteiger partial charge < -0.3 is 26.2 Å². The van der Waals surface area contributed by atoms with E-state index in [0.29, 0.717) is 24.4 Å². The molecule has 0 aromatic heterocycles. The molecular formula is C13H19N3O3. The summed E-state index contributed by atoms with van der Waals surface area (Å²) in [5, 5.41) is 9.20. The number of hydrogen-bond acceptors (Lipinski definition) is 5. The van der Waals surface area contributed by atoms with Crippen LogP contribution in [-0.4, -0.2) is 42.9 Å². The summed E-state index contributed by atoms with van der Waals surface area (Å²) in [6.07, 6.45) is -0.255. The lowest BCUT2D eigenvalue weighted by Crippen LogP contribution is -2.50. The first-order valence-corrected chi connectivity index (χ1v) is 6.21. The molecule has 1 amide bonds. The van der Waals surface area contributed by atoms with Gasteiger partial charge in [0.15, 0.2) is 0 Å². The van der Waals surface area contributed by atoms with Crippen LogP contribution in [0.3, 0.4) is 0 Å². The van der Waals surface area contributed by atoms with Gasteiger partial charge in [0.1, 0.15) is 0 Å². The van der Waals surface area contributed by atoms with E-state index < -0.39 is 5.91 Å². The largest absolute Gasteiger partial charge is 0.399 e. The molecule has 1 aliphatic heterocycles. The molecule has 0 bridgehead atoms. The molecule has 1 saturated heterocycles. The van der Waals surface area contributed by atoms with E-state index >= 15 is 0 Å². The number of aliphatic hydroxyl groups excluding tert-OH is 1. The van der Waals surface area contributed by atoms with E-state index in [4.69, 9.17) is 16.2 Å². The molecule has 1 aromatic rings. The third-order valence-corrected chi connectivity index (χ3v) is 3.30.